The fraction of sp³-hybridized carbons (Fsp3) is 0.143. The third-order valence-electron chi connectivity index (χ3n) is 4.37. The van der Waals surface area contributed by atoms with Crippen molar-refractivity contribution in [1.29, 1.82) is 0 Å². The Labute approximate surface area is 161 Å². The lowest BCUT2D eigenvalue weighted by Gasteiger charge is -2.07. The standard InChI is InChI=1S/C21H19N5O2/c1-28-19-10-9-17-11-15(7-8-18(17)12-19)13-22-20(27)14-26-24-21(23-25-26)16-5-3-2-4-6-16/h2-12H,13-14H2,1H3,(H,22,27). The van der Waals surface area contributed by atoms with E-state index in [0.717, 1.165) is 27.6 Å². The second-order valence-corrected chi connectivity index (χ2v) is 6.33. The number of rotatable bonds is 6. The number of carbonyl (C=O) groups excluding carboxylic acids is 1. The molecule has 1 amide bonds. The number of aromatic nitrogens is 4. The molecule has 0 atom stereocenters. The van der Waals surface area contributed by atoms with Gasteiger partial charge in [0.05, 0.1) is 7.11 Å². The first-order valence-corrected chi connectivity index (χ1v) is 8.88. The van der Waals surface area contributed by atoms with E-state index in [0.29, 0.717) is 12.4 Å². The van der Waals surface area contributed by atoms with Gasteiger partial charge in [-0.05, 0) is 39.7 Å². The second-order valence-electron chi connectivity index (χ2n) is 6.33. The van der Waals surface area contributed by atoms with Gasteiger partial charge in [-0.15, -0.1) is 10.2 Å². The van der Waals surface area contributed by atoms with E-state index in [2.05, 4.69) is 26.8 Å². The lowest BCUT2D eigenvalue weighted by molar-refractivity contribution is -0.122. The van der Waals surface area contributed by atoms with Gasteiger partial charge in [-0.25, -0.2) is 0 Å². The summed E-state index contributed by atoms with van der Waals surface area (Å²) in [5.41, 5.74) is 1.88. The highest BCUT2D eigenvalue weighted by Crippen LogP contribution is 2.21. The highest BCUT2D eigenvalue weighted by atomic mass is 16.5. The van der Waals surface area contributed by atoms with Crippen molar-refractivity contribution in [3.8, 4) is 17.1 Å². The van der Waals surface area contributed by atoms with E-state index in [1.54, 1.807) is 7.11 Å². The number of amides is 1. The molecule has 1 heterocycles. The molecule has 7 nitrogen and oxygen atoms in total. The van der Waals surface area contributed by atoms with Crippen molar-refractivity contribution in [3.05, 3.63) is 72.3 Å². The summed E-state index contributed by atoms with van der Waals surface area (Å²) in [5.74, 6) is 1.15. The maximum absolute atomic E-state index is 12.2. The molecule has 0 bridgehead atoms. The van der Waals surface area contributed by atoms with Gasteiger partial charge in [0.15, 0.2) is 0 Å². The summed E-state index contributed by atoms with van der Waals surface area (Å²) in [5, 5.41) is 17.3. The quantitative estimate of drug-likeness (QED) is 0.562. The Kier molecular flexibility index (Phi) is 4.97. The number of hydrogen-bond donors (Lipinski definition) is 1. The molecule has 4 aromatic rings. The van der Waals surface area contributed by atoms with Crippen LogP contribution in [0.15, 0.2) is 66.7 Å². The maximum Gasteiger partial charge on any atom is 0.243 e. The van der Waals surface area contributed by atoms with Gasteiger partial charge in [0.1, 0.15) is 12.3 Å². The van der Waals surface area contributed by atoms with Crippen molar-refractivity contribution in [2.75, 3.05) is 7.11 Å². The highest BCUT2D eigenvalue weighted by Gasteiger charge is 2.09. The molecule has 0 radical (unpaired) electrons. The first-order valence-electron chi connectivity index (χ1n) is 8.88. The van der Waals surface area contributed by atoms with Crippen molar-refractivity contribution < 1.29 is 9.53 Å². The van der Waals surface area contributed by atoms with Crippen LogP contribution < -0.4 is 10.1 Å². The zero-order valence-electron chi connectivity index (χ0n) is 15.4. The van der Waals surface area contributed by atoms with Crippen LogP contribution in [0.1, 0.15) is 5.56 Å². The first-order chi connectivity index (χ1) is 13.7. The van der Waals surface area contributed by atoms with Gasteiger partial charge in [-0.3, -0.25) is 4.79 Å². The number of benzene rings is 3. The van der Waals surface area contributed by atoms with Crippen LogP contribution in [0.2, 0.25) is 0 Å². The zero-order chi connectivity index (χ0) is 19.3. The number of carbonyl (C=O) groups is 1. The lowest BCUT2D eigenvalue weighted by atomic mass is 10.1. The number of ether oxygens (including phenoxy) is 1. The maximum atomic E-state index is 12.2. The summed E-state index contributed by atoms with van der Waals surface area (Å²) in [6.07, 6.45) is 0. The molecule has 0 fully saturated rings. The van der Waals surface area contributed by atoms with E-state index in [1.807, 2.05) is 60.7 Å². The molecule has 0 aliphatic heterocycles. The van der Waals surface area contributed by atoms with Crippen molar-refractivity contribution in [3.63, 3.8) is 0 Å². The molecule has 0 aliphatic carbocycles. The summed E-state index contributed by atoms with van der Waals surface area (Å²) >= 11 is 0. The minimum atomic E-state index is -0.174. The molecule has 4 rings (SSSR count). The van der Waals surface area contributed by atoms with Crippen LogP contribution in [0.4, 0.5) is 0 Å². The minimum Gasteiger partial charge on any atom is -0.497 e. The Bertz CT molecular complexity index is 1110. The van der Waals surface area contributed by atoms with Gasteiger partial charge in [0.25, 0.3) is 0 Å². The molecule has 1 N–H and O–H groups in total. The third kappa shape index (κ3) is 3.98. The number of hydrogen-bond acceptors (Lipinski definition) is 5. The van der Waals surface area contributed by atoms with E-state index in [4.69, 9.17) is 4.74 Å². The predicted octanol–water partition coefficient (Wildman–Crippen LogP) is 2.82. The molecule has 1 aromatic heterocycles. The molecule has 3 aromatic carbocycles. The van der Waals surface area contributed by atoms with Gasteiger partial charge in [0, 0.05) is 12.1 Å². The van der Waals surface area contributed by atoms with Gasteiger partial charge in [0.2, 0.25) is 11.7 Å². The van der Waals surface area contributed by atoms with Crippen LogP contribution >= 0.6 is 0 Å². The molecule has 28 heavy (non-hydrogen) atoms. The SMILES string of the molecule is COc1ccc2cc(CNC(=O)Cn3nnc(-c4ccccc4)n3)ccc2c1. The molecule has 140 valence electrons. The topological polar surface area (TPSA) is 81.9 Å². The number of nitrogens with zero attached hydrogens (tertiary/aromatic N) is 4. The molecular formula is C21H19N5O2. The van der Waals surface area contributed by atoms with Crippen LogP contribution in [0.25, 0.3) is 22.2 Å². The molecule has 0 spiro atoms. The largest absolute Gasteiger partial charge is 0.497 e. The van der Waals surface area contributed by atoms with Crippen molar-refractivity contribution >= 4 is 16.7 Å². The molecule has 0 saturated carbocycles. The zero-order valence-corrected chi connectivity index (χ0v) is 15.4. The lowest BCUT2D eigenvalue weighted by Crippen LogP contribution is -2.28. The smallest absolute Gasteiger partial charge is 0.243 e. The average molecular weight is 373 g/mol. The Morgan fingerprint density at radius 2 is 1.82 bits per heavy atom. The molecule has 7 heteroatoms. The summed E-state index contributed by atoms with van der Waals surface area (Å²) in [6.45, 7) is 0.450. The number of nitrogens with one attached hydrogen (secondary N) is 1. The van der Waals surface area contributed by atoms with Crippen LogP contribution in [0.5, 0.6) is 5.75 Å². The van der Waals surface area contributed by atoms with Crippen LogP contribution in [0, 0.1) is 0 Å². The molecule has 0 saturated heterocycles. The Morgan fingerprint density at radius 3 is 2.64 bits per heavy atom. The molecular weight excluding hydrogens is 354 g/mol. The second kappa shape index (κ2) is 7.87. The number of tetrazole rings is 1. The van der Waals surface area contributed by atoms with E-state index in [9.17, 15) is 4.79 Å². The number of methoxy groups -OCH3 is 1. The van der Waals surface area contributed by atoms with E-state index < -0.39 is 0 Å². The minimum absolute atomic E-state index is 0.0185. The predicted molar refractivity (Wildman–Crippen MR) is 106 cm³/mol. The normalized spacial score (nSPS) is 10.8. The summed E-state index contributed by atoms with van der Waals surface area (Å²) in [7, 11) is 1.65. The average Bonchev–Trinajstić information content (AvgIpc) is 3.20. The monoisotopic (exact) mass is 373 g/mol. The van der Waals surface area contributed by atoms with E-state index in [-0.39, 0.29) is 12.5 Å². The third-order valence-corrected chi connectivity index (χ3v) is 4.37. The first kappa shape index (κ1) is 17.7. The van der Waals surface area contributed by atoms with Crippen LogP contribution in [-0.2, 0) is 17.9 Å². The van der Waals surface area contributed by atoms with Crippen molar-refractivity contribution in [1.82, 2.24) is 25.5 Å². The van der Waals surface area contributed by atoms with Gasteiger partial charge >= 0.3 is 0 Å². The Balaban J connectivity index is 1.37. The fourth-order valence-electron chi connectivity index (χ4n) is 2.91. The van der Waals surface area contributed by atoms with Gasteiger partial charge in [-0.1, -0.05) is 48.5 Å². The van der Waals surface area contributed by atoms with Crippen LogP contribution in [-0.4, -0.2) is 33.2 Å². The molecule has 0 aliphatic rings. The van der Waals surface area contributed by atoms with Crippen molar-refractivity contribution in [2.24, 2.45) is 0 Å². The number of fused-ring (bicyclic) bond motifs is 1. The Hall–Kier alpha value is -3.74. The summed E-state index contributed by atoms with van der Waals surface area (Å²) < 4.78 is 5.24. The summed E-state index contributed by atoms with van der Waals surface area (Å²) in [4.78, 5) is 13.5. The van der Waals surface area contributed by atoms with Gasteiger partial charge < -0.3 is 10.1 Å². The van der Waals surface area contributed by atoms with E-state index in [1.165, 1.54) is 4.80 Å². The van der Waals surface area contributed by atoms with Gasteiger partial charge in [-0.2, -0.15) is 4.80 Å². The van der Waals surface area contributed by atoms with E-state index >= 15 is 0 Å². The highest BCUT2D eigenvalue weighted by molar-refractivity contribution is 5.84. The van der Waals surface area contributed by atoms with Crippen LogP contribution in [0.3, 0.4) is 0 Å². The molecule has 0 unspecified atom stereocenters. The summed E-state index contributed by atoms with van der Waals surface area (Å²) in [6, 6.07) is 21.5. The Morgan fingerprint density at radius 1 is 1.04 bits per heavy atom. The van der Waals surface area contributed by atoms with Crippen molar-refractivity contribution in [2.45, 2.75) is 13.1 Å². The fourth-order valence-corrected chi connectivity index (χ4v) is 2.91.